The Morgan fingerprint density at radius 3 is 2.46 bits per heavy atom. The van der Waals surface area contributed by atoms with Crippen LogP contribution in [-0.2, 0) is 20.8 Å². The number of esters is 1. The number of benzene rings is 3. The number of hydrogen-bond donors (Lipinski definition) is 0. The molecular weight excluding hydrogens is 598 g/mol. The minimum Gasteiger partial charge on any atom is -0.491 e. The topological polar surface area (TPSA) is 84.0 Å². The fraction of sp³-hybridized carbons (Fsp3) is 0.270. The minimum absolute atomic E-state index is 0.0831. The van der Waals surface area contributed by atoms with Gasteiger partial charge >= 0.3 is 5.97 Å². The van der Waals surface area contributed by atoms with E-state index >= 15 is 0 Å². The summed E-state index contributed by atoms with van der Waals surface area (Å²) in [5.41, 5.74) is 5.57. The van der Waals surface area contributed by atoms with Gasteiger partial charge in [-0.25, -0.2) is 9.79 Å². The summed E-state index contributed by atoms with van der Waals surface area (Å²) >= 11 is 1.32. The zero-order valence-electron chi connectivity index (χ0n) is 26.7. The summed E-state index contributed by atoms with van der Waals surface area (Å²) in [7, 11) is 1.55. The van der Waals surface area contributed by atoms with Crippen molar-refractivity contribution in [2.45, 2.75) is 46.4 Å². The Morgan fingerprint density at radius 1 is 0.978 bits per heavy atom. The molecule has 6 rings (SSSR count). The zero-order valence-corrected chi connectivity index (χ0v) is 27.5. The van der Waals surface area contributed by atoms with E-state index in [1.165, 1.54) is 16.9 Å². The van der Waals surface area contributed by atoms with E-state index in [0.29, 0.717) is 38.5 Å². The average Bonchev–Trinajstić information content (AvgIpc) is 3.49. The molecule has 9 heteroatoms. The quantitative estimate of drug-likeness (QED) is 0.149. The van der Waals surface area contributed by atoms with Gasteiger partial charge in [-0.2, -0.15) is 0 Å². The van der Waals surface area contributed by atoms with Crippen molar-refractivity contribution in [2.24, 2.45) is 4.99 Å². The summed E-state index contributed by atoms with van der Waals surface area (Å²) in [6.45, 7) is 8.81. The number of fused-ring (bicyclic) bond motifs is 2. The van der Waals surface area contributed by atoms with Crippen LogP contribution < -0.4 is 19.6 Å². The van der Waals surface area contributed by atoms with Crippen LogP contribution in [0.15, 0.2) is 99.9 Å². The number of hydrogen-bond acceptors (Lipinski definition) is 7. The Hall–Kier alpha value is -4.73. The van der Waals surface area contributed by atoms with Gasteiger partial charge in [-0.1, -0.05) is 78.1 Å². The highest BCUT2D eigenvalue weighted by atomic mass is 32.1. The Balaban J connectivity index is 1.54. The van der Waals surface area contributed by atoms with E-state index in [2.05, 4.69) is 35.8 Å². The number of nitrogens with zero attached hydrogens (tertiary/aromatic N) is 3. The first-order valence-corrected chi connectivity index (χ1v) is 16.2. The van der Waals surface area contributed by atoms with Gasteiger partial charge in [0.2, 0.25) is 0 Å². The molecule has 0 spiro atoms. The molecule has 1 aliphatic heterocycles. The van der Waals surface area contributed by atoms with Crippen LogP contribution in [0.4, 0.5) is 0 Å². The number of aromatic nitrogens is 2. The van der Waals surface area contributed by atoms with Gasteiger partial charge in [0, 0.05) is 41.4 Å². The number of ether oxygens (including phenoxy) is 3. The van der Waals surface area contributed by atoms with Crippen LogP contribution >= 0.6 is 11.3 Å². The van der Waals surface area contributed by atoms with Crippen LogP contribution in [0.1, 0.15) is 49.2 Å². The molecule has 0 bridgehead atoms. The molecule has 0 amide bonds. The van der Waals surface area contributed by atoms with E-state index in [9.17, 15) is 9.59 Å². The predicted octanol–water partition coefficient (Wildman–Crippen LogP) is 5.52. The number of thiazole rings is 1. The molecule has 8 nitrogen and oxygen atoms in total. The van der Waals surface area contributed by atoms with Gasteiger partial charge in [-0.15, -0.1) is 0 Å². The lowest BCUT2D eigenvalue weighted by Crippen LogP contribution is -2.40. The Kier molecular flexibility index (Phi) is 9.05. The van der Waals surface area contributed by atoms with Crippen LogP contribution in [0, 0.1) is 6.92 Å². The number of carbonyl (C=O) groups is 1. The second kappa shape index (κ2) is 13.3. The number of allylic oxidation sites excluding steroid dienone is 1. The SMILES string of the molecule is COCCOC(=O)C1=C(C)N=c2s/c(=C/c3c(C)n(Cc4ccccc4)c4ccccc34)c(=O)n2[C@@H]1c1ccccc1OC(C)C. The molecule has 0 saturated heterocycles. The second-order valence-electron chi connectivity index (χ2n) is 11.5. The molecule has 236 valence electrons. The van der Waals surface area contributed by atoms with Crippen LogP contribution in [0.2, 0.25) is 0 Å². The second-order valence-corrected chi connectivity index (χ2v) is 12.5. The van der Waals surface area contributed by atoms with Crippen molar-refractivity contribution < 1.29 is 19.0 Å². The van der Waals surface area contributed by atoms with Gasteiger partial charge < -0.3 is 18.8 Å². The van der Waals surface area contributed by atoms with Crippen molar-refractivity contribution in [1.82, 2.24) is 9.13 Å². The third-order valence-corrected chi connectivity index (χ3v) is 9.06. The number of methoxy groups -OCH3 is 1. The third-order valence-electron chi connectivity index (χ3n) is 8.08. The fourth-order valence-electron chi connectivity index (χ4n) is 5.98. The minimum atomic E-state index is -0.788. The summed E-state index contributed by atoms with van der Waals surface area (Å²) in [4.78, 5) is 33.3. The molecule has 0 aliphatic carbocycles. The third kappa shape index (κ3) is 5.96. The molecule has 5 aromatic rings. The van der Waals surface area contributed by atoms with Crippen molar-refractivity contribution in [1.29, 1.82) is 0 Å². The lowest BCUT2D eigenvalue weighted by Gasteiger charge is -2.27. The Bertz CT molecular complexity index is 2120. The van der Waals surface area contributed by atoms with Gasteiger partial charge in [0.25, 0.3) is 5.56 Å². The highest BCUT2D eigenvalue weighted by Crippen LogP contribution is 2.36. The summed E-state index contributed by atoms with van der Waals surface area (Å²) in [6.07, 6.45) is 1.85. The fourth-order valence-corrected chi connectivity index (χ4v) is 7.01. The lowest BCUT2D eigenvalue weighted by atomic mass is 9.95. The maximum atomic E-state index is 14.5. The summed E-state index contributed by atoms with van der Waals surface area (Å²) in [5.74, 6) is 0.0468. The van der Waals surface area contributed by atoms with Crippen LogP contribution in [0.5, 0.6) is 5.75 Å². The predicted molar refractivity (Wildman–Crippen MR) is 181 cm³/mol. The van der Waals surface area contributed by atoms with Gasteiger partial charge in [0.15, 0.2) is 4.80 Å². The molecule has 3 aromatic carbocycles. The molecule has 0 saturated carbocycles. The van der Waals surface area contributed by atoms with Gasteiger partial charge in [0.05, 0.1) is 28.5 Å². The maximum absolute atomic E-state index is 14.5. The van der Waals surface area contributed by atoms with Gasteiger partial charge in [-0.3, -0.25) is 9.36 Å². The van der Waals surface area contributed by atoms with Crippen molar-refractivity contribution >= 4 is 34.3 Å². The van der Waals surface area contributed by atoms with Crippen molar-refractivity contribution in [3.8, 4) is 5.75 Å². The summed E-state index contributed by atoms with van der Waals surface area (Å²) in [6, 6.07) is 25.3. The van der Waals surface area contributed by atoms with Crippen LogP contribution in [0.25, 0.3) is 17.0 Å². The van der Waals surface area contributed by atoms with E-state index < -0.39 is 12.0 Å². The highest BCUT2D eigenvalue weighted by Gasteiger charge is 2.35. The molecule has 1 atom stereocenters. The Morgan fingerprint density at radius 2 is 1.70 bits per heavy atom. The maximum Gasteiger partial charge on any atom is 0.338 e. The standard InChI is InChI=1S/C37H37N3O5S/c1-23(2)45-31-18-12-10-16-28(31)34-33(36(42)44-20-19-43-5)24(3)38-37-40(34)35(41)32(46-37)21-29-25(4)39(22-26-13-7-6-8-14-26)30-17-11-9-15-27(29)30/h6-18,21,23,34H,19-20,22H2,1-5H3/b32-21+/t34-/m1/s1. The highest BCUT2D eigenvalue weighted by molar-refractivity contribution is 7.07. The number of rotatable bonds is 10. The smallest absolute Gasteiger partial charge is 0.338 e. The molecule has 0 N–H and O–H groups in total. The monoisotopic (exact) mass is 635 g/mol. The normalized spacial score (nSPS) is 14.9. The molecule has 46 heavy (non-hydrogen) atoms. The van der Waals surface area contributed by atoms with E-state index in [1.807, 2.05) is 74.5 Å². The van der Waals surface area contributed by atoms with Crippen molar-refractivity contribution in [3.63, 3.8) is 0 Å². The van der Waals surface area contributed by atoms with Gasteiger partial charge in [-0.05, 0) is 51.5 Å². The summed E-state index contributed by atoms with van der Waals surface area (Å²) in [5, 5.41) is 1.06. The number of para-hydroxylation sites is 2. The molecule has 0 radical (unpaired) electrons. The molecule has 2 aromatic heterocycles. The molecular formula is C37H37N3O5S. The lowest BCUT2D eigenvalue weighted by molar-refractivity contribution is -0.140. The van der Waals surface area contributed by atoms with E-state index in [1.54, 1.807) is 18.6 Å². The van der Waals surface area contributed by atoms with E-state index in [-0.39, 0.29) is 24.9 Å². The first-order valence-electron chi connectivity index (χ1n) is 15.3. The van der Waals surface area contributed by atoms with Crippen LogP contribution in [0.3, 0.4) is 0 Å². The molecule has 1 aliphatic rings. The van der Waals surface area contributed by atoms with Crippen molar-refractivity contribution in [3.05, 3.63) is 132 Å². The van der Waals surface area contributed by atoms with Gasteiger partial charge in [0.1, 0.15) is 18.4 Å². The molecule has 0 fully saturated rings. The first kappa shape index (κ1) is 31.3. The average molecular weight is 636 g/mol. The van der Waals surface area contributed by atoms with Crippen LogP contribution in [-0.4, -0.2) is 41.5 Å². The molecule has 0 unspecified atom stereocenters. The van der Waals surface area contributed by atoms with E-state index in [0.717, 1.165) is 22.2 Å². The first-order chi connectivity index (χ1) is 22.3. The molecule has 3 heterocycles. The number of carbonyl (C=O) groups excluding carboxylic acids is 1. The Labute approximate surface area is 271 Å². The largest absolute Gasteiger partial charge is 0.491 e. The summed E-state index contributed by atoms with van der Waals surface area (Å²) < 4.78 is 21.3. The van der Waals surface area contributed by atoms with E-state index in [4.69, 9.17) is 19.2 Å². The zero-order chi connectivity index (χ0) is 32.4. The van der Waals surface area contributed by atoms with Crippen molar-refractivity contribution in [2.75, 3.05) is 20.3 Å².